The number of benzene rings is 1. The summed E-state index contributed by atoms with van der Waals surface area (Å²) in [5.74, 6) is 0.513. The minimum atomic E-state index is -0.303. The van der Waals surface area contributed by atoms with Crippen molar-refractivity contribution in [3.8, 4) is 5.69 Å². The zero-order valence-corrected chi connectivity index (χ0v) is 15.3. The Morgan fingerprint density at radius 3 is 2.64 bits per heavy atom. The van der Waals surface area contributed by atoms with Crippen molar-refractivity contribution in [1.29, 1.82) is 0 Å². The molecular formula is C16H22Cl2N6O. The molecule has 1 aromatic heterocycles. The first-order valence-electron chi connectivity index (χ1n) is 7.92. The smallest absolute Gasteiger partial charge is 0.229 e. The summed E-state index contributed by atoms with van der Waals surface area (Å²) in [5, 5.41) is 14.0. The summed E-state index contributed by atoms with van der Waals surface area (Å²) in [6.07, 6.45) is 3.17. The second-order valence-corrected chi connectivity index (χ2v) is 6.27. The first kappa shape index (κ1) is 19.7. The van der Waals surface area contributed by atoms with Gasteiger partial charge < -0.3 is 16.0 Å². The first-order chi connectivity index (χ1) is 11.3. The van der Waals surface area contributed by atoms with Crippen LogP contribution in [0.15, 0.2) is 36.9 Å². The van der Waals surface area contributed by atoms with Crippen LogP contribution in [0.25, 0.3) is 5.69 Å². The Morgan fingerprint density at radius 1 is 1.24 bits per heavy atom. The molecule has 136 valence electrons. The van der Waals surface area contributed by atoms with Crippen molar-refractivity contribution < 1.29 is 4.79 Å². The van der Waals surface area contributed by atoms with Gasteiger partial charge in [-0.25, -0.2) is 9.67 Å². The monoisotopic (exact) mass is 384 g/mol. The van der Waals surface area contributed by atoms with Crippen LogP contribution in [0.2, 0.25) is 0 Å². The van der Waals surface area contributed by atoms with Crippen molar-refractivity contribution in [3.63, 3.8) is 0 Å². The van der Waals surface area contributed by atoms with Gasteiger partial charge in [-0.05, 0) is 11.6 Å². The van der Waals surface area contributed by atoms with Crippen LogP contribution in [0.5, 0.6) is 0 Å². The number of halogens is 2. The van der Waals surface area contributed by atoms with Crippen LogP contribution >= 0.6 is 24.8 Å². The van der Waals surface area contributed by atoms with Crippen molar-refractivity contribution in [3.05, 3.63) is 42.5 Å². The van der Waals surface area contributed by atoms with E-state index < -0.39 is 0 Å². The van der Waals surface area contributed by atoms with E-state index in [4.69, 9.17) is 0 Å². The molecule has 9 heteroatoms. The Morgan fingerprint density at radius 2 is 1.96 bits per heavy atom. The number of nitrogens with one attached hydrogen (secondary N) is 3. The minimum absolute atomic E-state index is 0. The SMILES string of the molecule is Cl.Cl.O=C(NCc1ccccc1-n1cncn1)C12CNCC1CNC2. The number of amides is 1. The molecule has 0 atom stereocenters. The van der Waals surface area contributed by atoms with E-state index in [1.807, 2.05) is 24.3 Å². The van der Waals surface area contributed by atoms with E-state index in [1.165, 1.54) is 6.33 Å². The molecule has 2 aromatic rings. The topological polar surface area (TPSA) is 83.9 Å². The fourth-order valence-corrected chi connectivity index (χ4v) is 3.67. The number of para-hydroxylation sites is 1. The summed E-state index contributed by atoms with van der Waals surface area (Å²) in [7, 11) is 0. The van der Waals surface area contributed by atoms with E-state index in [-0.39, 0.29) is 36.1 Å². The summed E-state index contributed by atoms with van der Waals surface area (Å²) in [6, 6.07) is 7.91. The Balaban J connectivity index is 0.00000113. The Labute approximate surface area is 158 Å². The molecule has 2 aliphatic rings. The Kier molecular flexibility index (Phi) is 6.40. The van der Waals surface area contributed by atoms with Gasteiger partial charge in [-0.3, -0.25) is 4.79 Å². The lowest BCUT2D eigenvalue weighted by Crippen LogP contribution is -2.46. The number of rotatable bonds is 4. The van der Waals surface area contributed by atoms with Crippen LogP contribution in [0.1, 0.15) is 5.56 Å². The van der Waals surface area contributed by atoms with Gasteiger partial charge >= 0.3 is 0 Å². The van der Waals surface area contributed by atoms with Crippen LogP contribution in [0, 0.1) is 11.3 Å². The molecule has 2 saturated heterocycles. The molecule has 3 N–H and O–H groups in total. The Hall–Kier alpha value is -1.67. The van der Waals surface area contributed by atoms with E-state index in [9.17, 15) is 4.79 Å². The van der Waals surface area contributed by atoms with Crippen LogP contribution in [-0.2, 0) is 11.3 Å². The molecule has 0 aliphatic carbocycles. The van der Waals surface area contributed by atoms with E-state index in [1.54, 1.807) is 11.0 Å². The molecule has 1 amide bonds. The second-order valence-electron chi connectivity index (χ2n) is 6.27. The maximum Gasteiger partial charge on any atom is 0.229 e. The fourth-order valence-electron chi connectivity index (χ4n) is 3.67. The predicted octanol–water partition coefficient (Wildman–Crippen LogP) is 0.536. The largest absolute Gasteiger partial charge is 0.351 e. The molecule has 2 aliphatic heterocycles. The number of carbonyl (C=O) groups is 1. The molecule has 0 bridgehead atoms. The van der Waals surface area contributed by atoms with Crippen molar-refractivity contribution in [2.24, 2.45) is 11.3 Å². The van der Waals surface area contributed by atoms with Gasteiger partial charge in [0.05, 0.1) is 11.1 Å². The van der Waals surface area contributed by atoms with Gasteiger partial charge in [0.15, 0.2) is 0 Å². The van der Waals surface area contributed by atoms with Gasteiger partial charge in [-0.15, -0.1) is 24.8 Å². The van der Waals surface area contributed by atoms with E-state index >= 15 is 0 Å². The van der Waals surface area contributed by atoms with Gasteiger partial charge in [0.1, 0.15) is 12.7 Å². The van der Waals surface area contributed by atoms with Gasteiger partial charge in [0.2, 0.25) is 5.91 Å². The quantitative estimate of drug-likeness (QED) is 0.716. The molecule has 0 spiro atoms. The number of nitrogens with zero attached hydrogens (tertiary/aromatic N) is 3. The van der Waals surface area contributed by atoms with Gasteiger partial charge in [-0.2, -0.15) is 5.10 Å². The third-order valence-electron chi connectivity index (χ3n) is 4.99. The molecule has 25 heavy (non-hydrogen) atoms. The standard InChI is InChI=1S/C16H20N6O.2ClH/c23-15(16-8-17-6-13(16)7-18-9-16)20-5-12-3-1-2-4-14(12)22-11-19-10-21-22;;/h1-4,10-11,13,17-18H,5-9H2,(H,20,23);2*1H. The molecule has 2 fully saturated rings. The summed E-state index contributed by atoms with van der Waals surface area (Å²) in [6.45, 7) is 3.82. The molecule has 7 nitrogen and oxygen atoms in total. The van der Waals surface area contributed by atoms with Crippen molar-refractivity contribution in [2.45, 2.75) is 6.54 Å². The average Bonchev–Trinajstić information content (AvgIpc) is 3.28. The van der Waals surface area contributed by atoms with Crippen LogP contribution in [0.4, 0.5) is 0 Å². The number of fused-ring (bicyclic) bond motifs is 1. The molecule has 0 saturated carbocycles. The molecular weight excluding hydrogens is 363 g/mol. The van der Waals surface area contributed by atoms with Crippen molar-refractivity contribution in [1.82, 2.24) is 30.7 Å². The summed E-state index contributed by atoms with van der Waals surface area (Å²) < 4.78 is 1.72. The van der Waals surface area contributed by atoms with Crippen LogP contribution < -0.4 is 16.0 Å². The van der Waals surface area contributed by atoms with E-state index in [0.717, 1.165) is 37.4 Å². The fraction of sp³-hybridized carbons (Fsp3) is 0.438. The maximum absolute atomic E-state index is 12.8. The van der Waals surface area contributed by atoms with Gasteiger partial charge in [0, 0.05) is 38.6 Å². The third-order valence-corrected chi connectivity index (χ3v) is 4.99. The lowest BCUT2D eigenvalue weighted by molar-refractivity contribution is -0.130. The van der Waals surface area contributed by atoms with Crippen molar-refractivity contribution in [2.75, 3.05) is 26.2 Å². The molecule has 0 radical (unpaired) electrons. The number of hydrogen-bond donors (Lipinski definition) is 3. The normalized spacial score (nSPS) is 24.1. The van der Waals surface area contributed by atoms with Crippen molar-refractivity contribution >= 4 is 30.7 Å². The molecule has 1 aromatic carbocycles. The highest BCUT2D eigenvalue weighted by Crippen LogP contribution is 2.35. The number of aromatic nitrogens is 3. The van der Waals surface area contributed by atoms with Crippen LogP contribution in [0.3, 0.4) is 0 Å². The predicted molar refractivity (Wildman–Crippen MR) is 99.4 cm³/mol. The molecule has 4 rings (SSSR count). The highest BCUT2D eigenvalue weighted by Gasteiger charge is 2.51. The first-order valence-corrected chi connectivity index (χ1v) is 7.92. The second kappa shape index (κ2) is 8.14. The van der Waals surface area contributed by atoms with Gasteiger partial charge in [0.25, 0.3) is 0 Å². The Bertz CT molecular complexity index is 698. The summed E-state index contributed by atoms with van der Waals surface area (Å²) in [4.78, 5) is 16.8. The van der Waals surface area contributed by atoms with Crippen LogP contribution in [-0.4, -0.2) is 46.9 Å². The van der Waals surface area contributed by atoms with E-state index in [2.05, 4.69) is 26.0 Å². The zero-order valence-electron chi connectivity index (χ0n) is 13.6. The molecule has 0 unspecified atom stereocenters. The highest BCUT2D eigenvalue weighted by atomic mass is 35.5. The summed E-state index contributed by atoms with van der Waals surface area (Å²) in [5.41, 5.74) is 1.66. The van der Waals surface area contributed by atoms with Gasteiger partial charge in [-0.1, -0.05) is 18.2 Å². The number of hydrogen-bond acceptors (Lipinski definition) is 5. The lowest BCUT2D eigenvalue weighted by Gasteiger charge is -2.26. The number of carbonyl (C=O) groups excluding carboxylic acids is 1. The molecule has 3 heterocycles. The van der Waals surface area contributed by atoms with E-state index in [0.29, 0.717) is 12.5 Å². The third kappa shape index (κ3) is 3.50. The average molecular weight is 385 g/mol. The minimum Gasteiger partial charge on any atom is -0.351 e. The zero-order chi connectivity index (χ0) is 15.7. The summed E-state index contributed by atoms with van der Waals surface area (Å²) >= 11 is 0. The lowest BCUT2D eigenvalue weighted by atomic mass is 9.80. The maximum atomic E-state index is 12.8. The highest BCUT2D eigenvalue weighted by molar-refractivity contribution is 5.86.